The molecule has 2 aromatic rings. The minimum atomic E-state index is -3.32. The van der Waals surface area contributed by atoms with Crippen molar-refractivity contribution in [2.75, 3.05) is 6.54 Å². The molecule has 0 aromatic carbocycles. The third-order valence-corrected chi connectivity index (χ3v) is 7.32. The number of hydrogen-bond donors (Lipinski definition) is 1. The molecule has 0 saturated carbocycles. The van der Waals surface area contributed by atoms with Crippen LogP contribution in [0.15, 0.2) is 29.4 Å². The number of nitrogens with zero attached hydrogens (tertiary/aromatic N) is 2. The van der Waals surface area contributed by atoms with Gasteiger partial charge in [-0.25, -0.2) is 13.4 Å². The minimum absolute atomic E-state index is 0. The van der Waals surface area contributed by atoms with Crippen molar-refractivity contribution in [2.45, 2.75) is 62.3 Å². The van der Waals surface area contributed by atoms with E-state index < -0.39 is 9.84 Å². The maximum absolute atomic E-state index is 13.0. The third kappa shape index (κ3) is 3.46. The lowest BCUT2D eigenvalue weighted by Crippen LogP contribution is -2.26. The summed E-state index contributed by atoms with van der Waals surface area (Å²) in [5.41, 5.74) is 0.769. The average Bonchev–Trinajstić information content (AvgIpc) is 3.17. The number of aromatic nitrogens is 2. The molecular weight excluding hydrogens is 346 g/mol. The lowest BCUT2D eigenvalue weighted by atomic mass is 10.2. The summed E-state index contributed by atoms with van der Waals surface area (Å²) in [6.07, 6.45) is 7.10. The predicted molar refractivity (Wildman–Crippen MR) is 99.6 cm³/mol. The quantitative estimate of drug-likeness (QED) is 0.847. The molecule has 2 aromatic heterocycles. The number of nitrogens with one attached hydrogen (secondary N) is 1. The van der Waals surface area contributed by atoms with E-state index in [4.69, 9.17) is 0 Å². The van der Waals surface area contributed by atoms with E-state index in [0.29, 0.717) is 23.8 Å². The molecule has 0 amide bonds. The molecular formula is C17H26ClN3O2S. The van der Waals surface area contributed by atoms with Crippen molar-refractivity contribution in [2.24, 2.45) is 0 Å². The van der Waals surface area contributed by atoms with Gasteiger partial charge in [0.25, 0.3) is 0 Å². The highest BCUT2D eigenvalue weighted by molar-refractivity contribution is 7.92. The summed E-state index contributed by atoms with van der Waals surface area (Å²) in [5.74, 6) is 0. The molecule has 1 unspecified atom stereocenters. The summed E-state index contributed by atoms with van der Waals surface area (Å²) in [7, 11) is -3.32. The van der Waals surface area contributed by atoms with E-state index in [1.165, 1.54) is 6.42 Å². The van der Waals surface area contributed by atoms with Crippen LogP contribution >= 0.6 is 12.4 Å². The van der Waals surface area contributed by atoms with Crippen molar-refractivity contribution in [3.8, 4) is 0 Å². The fourth-order valence-corrected chi connectivity index (χ4v) is 5.49. The number of fused-ring (bicyclic) bond motifs is 1. The summed E-state index contributed by atoms with van der Waals surface area (Å²) in [5, 5.41) is 3.88. The largest absolute Gasteiger partial charge is 0.330 e. The van der Waals surface area contributed by atoms with Crippen LogP contribution in [0.5, 0.6) is 0 Å². The van der Waals surface area contributed by atoms with Gasteiger partial charge < -0.3 is 9.88 Å². The molecule has 3 rings (SSSR count). The van der Waals surface area contributed by atoms with Gasteiger partial charge in [0.15, 0.2) is 9.84 Å². The Kier molecular flexibility index (Phi) is 6.28. The summed E-state index contributed by atoms with van der Waals surface area (Å²) in [6.45, 7) is 5.68. The minimum Gasteiger partial charge on any atom is -0.330 e. The van der Waals surface area contributed by atoms with E-state index in [0.717, 1.165) is 30.5 Å². The van der Waals surface area contributed by atoms with Crippen LogP contribution < -0.4 is 5.32 Å². The first-order valence-corrected chi connectivity index (χ1v) is 10.0. The van der Waals surface area contributed by atoms with E-state index in [1.54, 1.807) is 12.4 Å². The first-order valence-electron chi connectivity index (χ1n) is 8.49. The molecule has 1 saturated heterocycles. The van der Waals surface area contributed by atoms with Crippen LogP contribution in [-0.4, -0.2) is 35.8 Å². The normalized spacial score (nSPS) is 18.2. The lowest BCUT2D eigenvalue weighted by molar-refractivity contribution is 0.515. The van der Waals surface area contributed by atoms with Crippen molar-refractivity contribution < 1.29 is 8.42 Å². The Bertz CT molecular complexity index is 778. The highest BCUT2D eigenvalue weighted by Crippen LogP contribution is 2.29. The van der Waals surface area contributed by atoms with Crippen LogP contribution in [0, 0.1) is 0 Å². The van der Waals surface area contributed by atoms with Gasteiger partial charge in [-0.1, -0.05) is 13.8 Å². The molecule has 0 aliphatic carbocycles. The van der Waals surface area contributed by atoms with Gasteiger partial charge in [0.05, 0.1) is 10.1 Å². The average molecular weight is 372 g/mol. The maximum atomic E-state index is 13.0. The van der Waals surface area contributed by atoms with Gasteiger partial charge in [0.1, 0.15) is 5.65 Å². The first-order chi connectivity index (χ1) is 11.1. The van der Waals surface area contributed by atoms with Crippen LogP contribution in [0.25, 0.3) is 11.0 Å². The number of sulfone groups is 1. The number of pyridine rings is 1. The Labute approximate surface area is 150 Å². The molecule has 1 fully saturated rings. The van der Waals surface area contributed by atoms with Crippen LogP contribution in [0.3, 0.4) is 0 Å². The summed E-state index contributed by atoms with van der Waals surface area (Å²) in [6, 6.07) is 4.08. The van der Waals surface area contributed by atoms with Gasteiger partial charge in [-0.2, -0.15) is 0 Å². The predicted octanol–water partition coefficient (Wildman–Crippen LogP) is 3.17. The van der Waals surface area contributed by atoms with Crippen molar-refractivity contribution >= 4 is 33.3 Å². The number of hydrogen-bond acceptors (Lipinski definition) is 4. The summed E-state index contributed by atoms with van der Waals surface area (Å²) < 4.78 is 28.0. The molecule has 1 N–H and O–H groups in total. The molecule has 1 aliphatic heterocycles. The zero-order valence-corrected chi connectivity index (χ0v) is 15.9. The van der Waals surface area contributed by atoms with E-state index in [-0.39, 0.29) is 17.7 Å². The van der Waals surface area contributed by atoms with E-state index in [9.17, 15) is 8.42 Å². The van der Waals surface area contributed by atoms with E-state index in [2.05, 4.69) is 10.3 Å². The highest BCUT2D eigenvalue weighted by atomic mass is 35.5. The zero-order valence-electron chi connectivity index (χ0n) is 14.2. The Hall–Kier alpha value is -1.11. The zero-order chi connectivity index (χ0) is 16.4. The molecule has 1 atom stereocenters. The molecule has 7 heteroatoms. The number of halogens is 1. The molecule has 5 nitrogen and oxygen atoms in total. The van der Waals surface area contributed by atoms with Crippen LogP contribution in [0.1, 0.15) is 39.5 Å². The SMILES string of the molecule is CCC(CC)S(=O)(=O)c1cn(CC2CCCN2)c2ncccc12.Cl. The topological polar surface area (TPSA) is 64.0 Å². The van der Waals surface area contributed by atoms with E-state index >= 15 is 0 Å². The Morgan fingerprint density at radius 1 is 1.38 bits per heavy atom. The molecule has 0 spiro atoms. The monoisotopic (exact) mass is 371 g/mol. The van der Waals surface area contributed by atoms with Gasteiger partial charge >= 0.3 is 0 Å². The second-order valence-corrected chi connectivity index (χ2v) is 8.49. The molecule has 0 bridgehead atoms. The summed E-state index contributed by atoms with van der Waals surface area (Å²) >= 11 is 0. The van der Waals surface area contributed by atoms with Gasteiger partial charge in [0.2, 0.25) is 0 Å². The Balaban J connectivity index is 0.00000208. The Morgan fingerprint density at radius 3 is 2.75 bits per heavy atom. The standard InChI is InChI=1S/C17H25N3O2S.ClH/c1-3-14(4-2)23(21,22)16-12-20(11-13-7-5-9-18-13)17-15(16)8-6-10-19-17;/h6,8,10,12-14,18H,3-5,7,9,11H2,1-2H3;1H. The van der Waals surface area contributed by atoms with Crippen molar-refractivity contribution in [3.05, 3.63) is 24.5 Å². The molecule has 1 aliphatic rings. The van der Waals surface area contributed by atoms with Crippen LogP contribution in [0.4, 0.5) is 0 Å². The smallest absolute Gasteiger partial charge is 0.183 e. The molecule has 134 valence electrons. The van der Waals surface area contributed by atoms with Crippen LogP contribution in [-0.2, 0) is 16.4 Å². The van der Waals surface area contributed by atoms with Gasteiger partial charge in [-0.3, -0.25) is 0 Å². The summed E-state index contributed by atoms with van der Waals surface area (Å²) in [4.78, 5) is 4.88. The third-order valence-electron chi connectivity index (χ3n) is 4.83. The molecule has 3 heterocycles. The van der Waals surface area contributed by atoms with Gasteiger partial charge in [-0.15, -0.1) is 12.4 Å². The fraction of sp³-hybridized carbons (Fsp3) is 0.588. The fourth-order valence-electron chi connectivity index (χ4n) is 3.51. The lowest BCUT2D eigenvalue weighted by Gasteiger charge is -2.13. The highest BCUT2D eigenvalue weighted by Gasteiger charge is 2.29. The maximum Gasteiger partial charge on any atom is 0.183 e. The van der Waals surface area contributed by atoms with Crippen molar-refractivity contribution in [1.29, 1.82) is 0 Å². The second-order valence-electron chi connectivity index (χ2n) is 6.30. The van der Waals surface area contributed by atoms with E-state index in [1.807, 2.05) is 30.5 Å². The van der Waals surface area contributed by atoms with Gasteiger partial charge in [0, 0.05) is 30.4 Å². The van der Waals surface area contributed by atoms with Crippen molar-refractivity contribution in [3.63, 3.8) is 0 Å². The Morgan fingerprint density at radius 2 is 2.12 bits per heavy atom. The first kappa shape index (κ1) is 19.2. The molecule has 24 heavy (non-hydrogen) atoms. The number of rotatable bonds is 6. The van der Waals surface area contributed by atoms with Gasteiger partial charge in [-0.05, 0) is 44.4 Å². The second kappa shape index (κ2) is 7.85. The van der Waals surface area contributed by atoms with Crippen LogP contribution in [0.2, 0.25) is 0 Å². The molecule has 0 radical (unpaired) electrons. The van der Waals surface area contributed by atoms with Crippen molar-refractivity contribution in [1.82, 2.24) is 14.9 Å².